The Labute approximate surface area is 98.6 Å². The van der Waals surface area contributed by atoms with Crippen molar-refractivity contribution in [3.05, 3.63) is 29.8 Å². The maximum Gasteiger partial charge on any atom is 0.321 e. The van der Waals surface area contributed by atoms with E-state index in [4.69, 9.17) is 10.4 Å². The smallest absolute Gasteiger partial charge is 0.321 e. The van der Waals surface area contributed by atoms with E-state index in [0.717, 1.165) is 0 Å². The van der Waals surface area contributed by atoms with Gasteiger partial charge in [0.15, 0.2) is 0 Å². The minimum absolute atomic E-state index is 0.135. The summed E-state index contributed by atoms with van der Waals surface area (Å²) >= 11 is 0. The number of carboxylic acids is 1. The van der Waals surface area contributed by atoms with E-state index < -0.39 is 22.0 Å². The standard InChI is InChI=1S/C10H10N2O4S/c1-7(10(13)14)12-17(15,16)9-4-2-3-8(5-9)6-11/h2-5,7,12H,1H3,(H,13,14)/t7-/m1/s1. The van der Waals surface area contributed by atoms with Gasteiger partial charge in [0.05, 0.1) is 16.5 Å². The van der Waals surface area contributed by atoms with Gasteiger partial charge in [-0.2, -0.15) is 9.98 Å². The molecule has 0 saturated heterocycles. The Morgan fingerprint density at radius 1 is 1.53 bits per heavy atom. The molecular formula is C10H10N2O4S. The van der Waals surface area contributed by atoms with Crippen LogP contribution in [-0.4, -0.2) is 25.5 Å². The number of hydrogen-bond acceptors (Lipinski definition) is 4. The van der Waals surface area contributed by atoms with Crippen LogP contribution in [0.25, 0.3) is 0 Å². The van der Waals surface area contributed by atoms with Crippen LogP contribution in [-0.2, 0) is 14.8 Å². The zero-order valence-electron chi connectivity index (χ0n) is 8.91. The summed E-state index contributed by atoms with van der Waals surface area (Å²) in [4.78, 5) is 10.4. The van der Waals surface area contributed by atoms with Gasteiger partial charge in [0, 0.05) is 0 Å². The maximum atomic E-state index is 11.7. The molecule has 6 nitrogen and oxygen atoms in total. The summed E-state index contributed by atoms with van der Waals surface area (Å²) in [7, 11) is -3.92. The maximum absolute atomic E-state index is 11.7. The number of aliphatic carboxylic acids is 1. The average molecular weight is 254 g/mol. The van der Waals surface area contributed by atoms with Crippen molar-refractivity contribution in [2.24, 2.45) is 0 Å². The molecule has 0 fully saturated rings. The lowest BCUT2D eigenvalue weighted by atomic mass is 10.2. The highest BCUT2D eigenvalue weighted by Crippen LogP contribution is 2.11. The fourth-order valence-electron chi connectivity index (χ4n) is 1.08. The van der Waals surface area contributed by atoms with E-state index >= 15 is 0 Å². The van der Waals surface area contributed by atoms with Crippen molar-refractivity contribution in [2.45, 2.75) is 17.9 Å². The number of carboxylic acid groups (broad SMARTS) is 1. The molecule has 0 aliphatic heterocycles. The molecule has 0 aliphatic rings. The Balaban J connectivity index is 3.06. The number of nitrogens with one attached hydrogen (secondary N) is 1. The second-order valence-corrected chi connectivity index (χ2v) is 5.03. The first-order valence-corrected chi connectivity index (χ1v) is 6.10. The molecule has 0 bridgehead atoms. The van der Waals surface area contributed by atoms with Crippen molar-refractivity contribution >= 4 is 16.0 Å². The molecule has 0 spiro atoms. The Morgan fingerprint density at radius 3 is 2.71 bits per heavy atom. The number of rotatable bonds is 4. The monoisotopic (exact) mass is 254 g/mol. The first-order chi connectivity index (χ1) is 7.86. The van der Waals surface area contributed by atoms with E-state index in [1.165, 1.54) is 31.2 Å². The number of carbonyl (C=O) groups is 1. The van der Waals surface area contributed by atoms with Crippen LogP contribution in [0.2, 0.25) is 0 Å². The molecule has 7 heteroatoms. The van der Waals surface area contributed by atoms with Crippen LogP contribution in [0.3, 0.4) is 0 Å². The lowest BCUT2D eigenvalue weighted by molar-refractivity contribution is -0.138. The van der Waals surface area contributed by atoms with Crippen LogP contribution >= 0.6 is 0 Å². The first-order valence-electron chi connectivity index (χ1n) is 4.62. The summed E-state index contributed by atoms with van der Waals surface area (Å²) in [5, 5.41) is 17.3. The Morgan fingerprint density at radius 2 is 2.18 bits per heavy atom. The minimum atomic E-state index is -3.92. The summed E-state index contributed by atoms with van der Waals surface area (Å²) in [5.41, 5.74) is 0.191. The summed E-state index contributed by atoms with van der Waals surface area (Å²) in [6.07, 6.45) is 0. The van der Waals surface area contributed by atoms with Gasteiger partial charge in [-0.05, 0) is 25.1 Å². The molecule has 0 unspecified atom stereocenters. The molecule has 90 valence electrons. The van der Waals surface area contributed by atoms with Gasteiger partial charge < -0.3 is 5.11 Å². The third-order valence-corrected chi connectivity index (χ3v) is 3.51. The Kier molecular flexibility index (Phi) is 3.83. The van der Waals surface area contributed by atoms with Gasteiger partial charge in [-0.25, -0.2) is 8.42 Å². The molecule has 17 heavy (non-hydrogen) atoms. The SMILES string of the molecule is C[C@@H](NS(=O)(=O)c1cccc(C#N)c1)C(=O)O. The van der Waals surface area contributed by atoms with Crippen molar-refractivity contribution in [3.63, 3.8) is 0 Å². The molecule has 2 N–H and O–H groups in total. The van der Waals surface area contributed by atoms with Gasteiger partial charge >= 0.3 is 5.97 Å². The molecule has 1 rings (SSSR count). The van der Waals surface area contributed by atoms with Crippen LogP contribution in [0.15, 0.2) is 29.2 Å². The molecule has 0 heterocycles. The topological polar surface area (TPSA) is 107 Å². The number of benzene rings is 1. The second kappa shape index (κ2) is 4.95. The van der Waals surface area contributed by atoms with Crippen molar-refractivity contribution in [2.75, 3.05) is 0 Å². The zero-order valence-corrected chi connectivity index (χ0v) is 9.73. The quantitative estimate of drug-likeness (QED) is 0.804. The van der Waals surface area contributed by atoms with Gasteiger partial charge in [-0.1, -0.05) is 6.07 Å². The van der Waals surface area contributed by atoms with Crippen LogP contribution < -0.4 is 4.72 Å². The normalized spacial score (nSPS) is 12.7. The number of hydrogen-bond donors (Lipinski definition) is 2. The molecule has 1 aromatic carbocycles. The van der Waals surface area contributed by atoms with Gasteiger partial charge in [-0.3, -0.25) is 4.79 Å². The van der Waals surface area contributed by atoms with E-state index in [1.54, 1.807) is 6.07 Å². The molecule has 0 aliphatic carbocycles. The summed E-state index contributed by atoms with van der Waals surface area (Å²) < 4.78 is 25.4. The molecule has 0 amide bonds. The highest BCUT2D eigenvalue weighted by molar-refractivity contribution is 7.89. The van der Waals surface area contributed by atoms with Crippen molar-refractivity contribution in [1.29, 1.82) is 5.26 Å². The third-order valence-electron chi connectivity index (χ3n) is 1.98. The molecule has 0 aromatic heterocycles. The van der Waals surface area contributed by atoms with Gasteiger partial charge in [0.2, 0.25) is 10.0 Å². The largest absolute Gasteiger partial charge is 0.480 e. The van der Waals surface area contributed by atoms with Gasteiger partial charge in [-0.15, -0.1) is 0 Å². The predicted molar refractivity (Wildman–Crippen MR) is 58.6 cm³/mol. The molecule has 1 atom stereocenters. The third kappa shape index (κ3) is 3.27. The van der Waals surface area contributed by atoms with E-state index in [0.29, 0.717) is 0 Å². The lowest BCUT2D eigenvalue weighted by Crippen LogP contribution is -2.38. The van der Waals surface area contributed by atoms with Gasteiger partial charge in [0.1, 0.15) is 6.04 Å². The number of nitrogens with zero attached hydrogens (tertiary/aromatic N) is 1. The average Bonchev–Trinajstić information content (AvgIpc) is 2.28. The molecule has 1 aromatic rings. The lowest BCUT2D eigenvalue weighted by Gasteiger charge is -2.10. The number of sulfonamides is 1. The second-order valence-electron chi connectivity index (χ2n) is 3.32. The Hall–Kier alpha value is -1.91. The highest BCUT2D eigenvalue weighted by atomic mass is 32.2. The van der Waals surface area contributed by atoms with E-state index in [2.05, 4.69) is 0 Å². The Bertz CT molecular complexity index is 574. The fourth-order valence-corrected chi connectivity index (χ4v) is 2.33. The van der Waals surface area contributed by atoms with E-state index in [-0.39, 0.29) is 10.5 Å². The molecular weight excluding hydrogens is 244 g/mol. The van der Waals surface area contributed by atoms with Crippen LogP contribution in [0.5, 0.6) is 0 Å². The zero-order chi connectivity index (χ0) is 13.1. The van der Waals surface area contributed by atoms with Crippen LogP contribution in [0.1, 0.15) is 12.5 Å². The van der Waals surface area contributed by atoms with Gasteiger partial charge in [0.25, 0.3) is 0 Å². The minimum Gasteiger partial charge on any atom is -0.480 e. The summed E-state index contributed by atoms with van der Waals surface area (Å²) in [6.45, 7) is 1.22. The summed E-state index contributed by atoms with van der Waals surface area (Å²) in [6, 6.07) is 5.92. The first kappa shape index (κ1) is 13.2. The molecule has 0 radical (unpaired) electrons. The predicted octanol–water partition coefficient (Wildman–Crippen LogP) is 0.310. The van der Waals surface area contributed by atoms with E-state index in [1.807, 2.05) is 4.72 Å². The van der Waals surface area contributed by atoms with Crippen molar-refractivity contribution in [3.8, 4) is 6.07 Å². The fraction of sp³-hybridized carbons (Fsp3) is 0.200. The van der Waals surface area contributed by atoms with Crippen LogP contribution in [0.4, 0.5) is 0 Å². The summed E-state index contributed by atoms with van der Waals surface area (Å²) in [5.74, 6) is -1.27. The van der Waals surface area contributed by atoms with Crippen LogP contribution in [0, 0.1) is 11.3 Å². The van der Waals surface area contributed by atoms with Crippen molar-refractivity contribution < 1.29 is 18.3 Å². The molecule has 0 saturated carbocycles. The van der Waals surface area contributed by atoms with E-state index in [9.17, 15) is 13.2 Å². The van der Waals surface area contributed by atoms with Crippen molar-refractivity contribution in [1.82, 2.24) is 4.72 Å². The highest BCUT2D eigenvalue weighted by Gasteiger charge is 2.21. The number of nitriles is 1.